The van der Waals surface area contributed by atoms with E-state index in [1.807, 2.05) is 44.5 Å². The fourth-order valence-electron chi connectivity index (χ4n) is 1.82. The van der Waals surface area contributed by atoms with E-state index in [0.29, 0.717) is 12.3 Å². The topological polar surface area (TPSA) is 43.3 Å². The second-order valence-electron chi connectivity index (χ2n) is 5.32. The van der Waals surface area contributed by atoms with Gasteiger partial charge in [0.15, 0.2) is 0 Å². The number of carbonyl (C=O) groups is 1. The zero-order chi connectivity index (χ0) is 13.9. The van der Waals surface area contributed by atoms with Crippen LogP contribution in [0.25, 0.3) is 0 Å². The predicted molar refractivity (Wildman–Crippen MR) is 75.9 cm³/mol. The van der Waals surface area contributed by atoms with Crippen LogP contribution in [0, 0.1) is 0 Å². The Hall–Kier alpha value is -0.810. The van der Waals surface area contributed by atoms with Crippen LogP contribution in [-0.4, -0.2) is 29.7 Å². The van der Waals surface area contributed by atoms with Crippen molar-refractivity contribution in [1.82, 2.24) is 9.88 Å². The fourth-order valence-corrected chi connectivity index (χ4v) is 2.26. The maximum absolute atomic E-state index is 12.3. The van der Waals surface area contributed by atoms with Crippen molar-refractivity contribution in [3.8, 4) is 0 Å². The summed E-state index contributed by atoms with van der Waals surface area (Å²) in [5.41, 5.74) is 0.269. The molecule has 0 aromatic carbocycles. The van der Waals surface area contributed by atoms with Crippen LogP contribution in [0.5, 0.6) is 0 Å². The first-order valence-corrected chi connectivity index (χ1v) is 6.75. The van der Waals surface area contributed by atoms with Gasteiger partial charge in [-0.3, -0.25) is 4.79 Å². The monoisotopic (exact) mass is 316 g/mol. The van der Waals surface area contributed by atoms with Crippen LogP contribution in [0.3, 0.4) is 0 Å². The molecule has 1 heterocycles. The smallest absolute Gasteiger partial charge is 0.268 e. The molecule has 0 spiro atoms. The summed E-state index contributed by atoms with van der Waals surface area (Å²) in [4.78, 5) is 12.3. The largest absolute Gasteiger partial charge is 0.382 e. The van der Waals surface area contributed by atoms with Gasteiger partial charge in [-0.1, -0.05) is 0 Å². The molecule has 0 radical (unpaired) electrons. The number of carbonyl (C=O) groups excluding carboxylic acids is 1. The molecule has 0 aliphatic carbocycles. The summed E-state index contributed by atoms with van der Waals surface area (Å²) in [5, 5.41) is 2.98. The Morgan fingerprint density at radius 3 is 2.67 bits per heavy atom. The van der Waals surface area contributed by atoms with Gasteiger partial charge in [0.2, 0.25) is 0 Å². The van der Waals surface area contributed by atoms with E-state index in [1.165, 1.54) is 0 Å². The SMILES string of the molecule is COCC(C)(C)NC(=O)c1cc(Br)cn1C(C)C. The molecule has 4 nitrogen and oxygen atoms in total. The molecule has 0 saturated heterocycles. The van der Waals surface area contributed by atoms with Crippen LogP contribution in [0.2, 0.25) is 0 Å². The number of ether oxygens (including phenoxy) is 1. The third-order valence-corrected chi connectivity index (χ3v) is 2.99. The van der Waals surface area contributed by atoms with Crippen LogP contribution < -0.4 is 5.32 Å². The Labute approximate surface area is 117 Å². The molecule has 1 amide bonds. The molecule has 1 rings (SSSR count). The van der Waals surface area contributed by atoms with E-state index in [0.717, 1.165) is 4.47 Å². The van der Waals surface area contributed by atoms with E-state index in [2.05, 4.69) is 21.2 Å². The van der Waals surface area contributed by atoms with Crippen molar-refractivity contribution < 1.29 is 9.53 Å². The highest BCUT2D eigenvalue weighted by molar-refractivity contribution is 9.10. The number of hydrogen-bond acceptors (Lipinski definition) is 2. The lowest BCUT2D eigenvalue weighted by atomic mass is 10.1. The fraction of sp³-hybridized carbons (Fsp3) is 0.615. The molecule has 1 aromatic rings. The zero-order valence-corrected chi connectivity index (χ0v) is 13.2. The number of halogens is 1. The van der Waals surface area contributed by atoms with E-state index >= 15 is 0 Å². The standard InChI is InChI=1S/C13H21BrN2O2/c1-9(2)16-7-10(14)6-11(16)12(17)15-13(3,4)8-18-5/h6-7,9H,8H2,1-5H3,(H,15,17). The zero-order valence-electron chi connectivity index (χ0n) is 11.6. The lowest BCUT2D eigenvalue weighted by Crippen LogP contribution is -2.47. The quantitative estimate of drug-likeness (QED) is 0.907. The van der Waals surface area contributed by atoms with Crippen molar-refractivity contribution in [2.45, 2.75) is 39.3 Å². The van der Waals surface area contributed by atoms with E-state index in [4.69, 9.17) is 4.74 Å². The predicted octanol–water partition coefficient (Wildman–Crippen LogP) is 2.99. The maximum atomic E-state index is 12.3. The molecule has 1 N–H and O–H groups in total. The highest BCUT2D eigenvalue weighted by Gasteiger charge is 2.23. The number of aromatic nitrogens is 1. The van der Waals surface area contributed by atoms with E-state index in [9.17, 15) is 4.79 Å². The van der Waals surface area contributed by atoms with Gasteiger partial charge in [0.05, 0.1) is 12.1 Å². The number of nitrogens with zero attached hydrogens (tertiary/aromatic N) is 1. The molecule has 0 atom stereocenters. The lowest BCUT2D eigenvalue weighted by Gasteiger charge is -2.25. The minimum absolute atomic E-state index is 0.0866. The Morgan fingerprint density at radius 1 is 1.56 bits per heavy atom. The van der Waals surface area contributed by atoms with Gasteiger partial charge in [-0.15, -0.1) is 0 Å². The van der Waals surface area contributed by atoms with Crippen LogP contribution in [-0.2, 0) is 4.74 Å². The van der Waals surface area contributed by atoms with Gasteiger partial charge in [0.1, 0.15) is 5.69 Å². The second-order valence-corrected chi connectivity index (χ2v) is 6.23. The molecular weight excluding hydrogens is 296 g/mol. The summed E-state index contributed by atoms with van der Waals surface area (Å²) < 4.78 is 7.95. The molecule has 0 saturated carbocycles. The number of amides is 1. The third-order valence-electron chi connectivity index (χ3n) is 2.56. The van der Waals surface area contributed by atoms with Gasteiger partial charge in [0.25, 0.3) is 5.91 Å². The summed E-state index contributed by atoms with van der Waals surface area (Å²) in [6, 6.07) is 2.07. The molecule has 0 bridgehead atoms. The second kappa shape index (κ2) is 5.89. The first-order valence-electron chi connectivity index (χ1n) is 5.95. The van der Waals surface area contributed by atoms with Gasteiger partial charge in [-0.05, 0) is 49.7 Å². The van der Waals surface area contributed by atoms with Gasteiger partial charge in [-0.25, -0.2) is 0 Å². The average Bonchev–Trinajstić information content (AvgIpc) is 2.59. The van der Waals surface area contributed by atoms with Crippen LogP contribution in [0.4, 0.5) is 0 Å². The van der Waals surface area contributed by atoms with Gasteiger partial charge in [-0.2, -0.15) is 0 Å². The van der Waals surface area contributed by atoms with Crippen molar-refractivity contribution in [3.05, 3.63) is 22.4 Å². The molecule has 5 heteroatoms. The van der Waals surface area contributed by atoms with E-state index < -0.39 is 0 Å². The molecule has 0 unspecified atom stereocenters. The summed E-state index contributed by atoms with van der Waals surface area (Å²) in [5.74, 6) is -0.0866. The Balaban J connectivity index is 2.91. The average molecular weight is 317 g/mol. The molecule has 0 aliphatic rings. The van der Waals surface area contributed by atoms with Crippen LogP contribution in [0.1, 0.15) is 44.2 Å². The molecule has 102 valence electrons. The molecule has 0 aliphatic heterocycles. The Kier molecular flexibility index (Phi) is 4.99. The molecular formula is C13H21BrN2O2. The summed E-state index contributed by atoms with van der Waals surface area (Å²) in [6.07, 6.45) is 1.92. The molecule has 0 fully saturated rings. The highest BCUT2D eigenvalue weighted by Crippen LogP contribution is 2.20. The summed E-state index contributed by atoms with van der Waals surface area (Å²) >= 11 is 3.40. The highest BCUT2D eigenvalue weighted by atomic mass is 79.9. The lowest BCUT2D eigenvalue weighted by molar-refractivity contribution is 0.0810. The first-order chi connectivity index (χ1) is 8.26. The van der Waals surface area contributed by atoms with Gasteiger partial charge in [0, 0.05) is 23.8 Å². The van der Waals surface area contributed by atoms with Crippen molar-refractivity contribution in [1.29, 1.82) is 0 Å². The van der Waals surface area contributed by atoms with Gasteiger partial charge >= 0.3 is 0 Å². The van der Waals surface area contributed by atoms with E-state index in [-0.39, 0.29) is 17.5 Å². The minimum Gasteiger partial charge on any atom is -0.382 e. The molecule has 18 heavy (non-hydrogen) atoms. The van der Waals surface area contributed by atoms with Crippen molar-refractivity contribution in [2.75, 3.05) is 13.7 Å². The van der Waals surface area contributed by atoms with E-state index in [1.54, 1.807) is 7.11 Å². The third kappa shape index (κ3) is 3.85. The summed E-state index contributed by atoms with van der Waals surface area (Å²) in [6.45, 7) is 8.44. The normalized spacial score (nSPS) is 11.9. The first kappa shape index (κ1) is 15.2. The molecule has 1 aromatic heterocycles. The number of rotatable bonds is 5. The number of nitrogens with one attached hydrogen (secondary N) is 1. The van der Waals surface area contributed by atoms with Gasteiger partial charge < -0.3 is 14.6 Å². The van der Waals surface area contributed by atoms with Crippen molar-refractivity contribution in [2.24, 2.45) is 0 Å². The van der Waals surface area contributed by atoms with Crippen LogP contribution >= 0.6 is 15.9 Å². The number of methoxy groups -OCH3 is 1. The maximum Gasteiger partial charge on any atom is 0.268 e. The minimum atomic E-state index is -0.385. The summed E-state index contributed by atoms with van der Waals surface area (Å²) in [7, 11) is 1.63. The number of hydrogen-bond donors (Lipinski definition) is 1. The van der Waals surface area contributed by atoms with Crippen molar-refractivity contribution in [3.63, 3.8) is 0 Å². The Morgan fingerprint density at radius 2 is 2.17 bits per heavy atom. The van der Waals surface area contributed by atoms with Crippen molar-refractivity contribution >= 4 is 21.8 Å². The Bertz CT molecular complexity index is 425. The van der Waals surface area contributed by atoms with Crippen LogP contribution in [0.15, 0.2) is 16.7 Å².